The van der Waals surface area contributed by atoms with Gasteiger partial charge in [-0.25, -0.2) is 4.98 Å². The molecule has 2 aromatic carbocycles. The van der Waals surface area contributed by atoms with Gasteiger partial charge in [0.15, 0.2) is 11.5 Å². The number of fused-ring (bicyclic) bond motifs is 1. The Morgan fingerprint density at radius 3 is 2.63 bits per heavy atom. The van der Waals surface area contributed by atoms with E-state index in [4.69, 9.17) is 14.5 Å². The van der Waals surface area contributed by atoms with Gasteiger partial charge in [-0.1, -0.05) is 36.8 Å². The van der Waals surface area contributed by atoms with Crippen molar-refractivity contribution in [3.05, 3.63) is 66.1 Å². The van der Waals surface area contributed by atoms with Crippen LogP contribution in [0, 0.1) is 5.92 Å². The number of ether oxygens (including phenoxy) is 2. The number of piperidine rings is 1. The summed E-state index contributed by atoms with van der Waals surface area (Å²) in [7, 11) is 1.94. The number of rotatable bonds is 6. The molecule has 0 bridgehead atoms. The molecule has 2 saturated heterocycles. The van der Waals surface area contributed by atoms with Crippen LogP contribution in [0.25, 0.3) is 11.3 Å². The first-order chi connectivity index (χ1) is 17.2. The fourth-order valence-electron chi connectivity index (χ4n) is 5.73. The summed E-state index contributed by atoms with van der Waals surface area (Å²) < 4.78 is 13.4. The highest BCUT2D eigenvalue weighted by atomic mass is 16.7. The van der Waals surface area contributed by atoms with Gasteiger partial charge in [-0.2, -0.15) is 0 Å². The van der Waals surface area contributed by atoms with Crippen molar-refractivity contribution in [1.82, 2.24) is 19.4 Å². The van der Waals surface area contributed by atoms with Crippen molar-refractivity contribution in [2.24, 2.45) is 5.92 Å². The molecule has 6 rings (SSSR count). The molecule has 2 fully saturated rings. The minimum Gasteiger partial charge on any atom is -0.454 e. The minimum absolute atomic E-state index is 0.0268. The molecule has 1 aromatic heterocycles. The zero-order valence-corrected chi connectivity index (χ0v) is 20.2. The molecule has 1 amide bonds. The second kappa shape index (κ2) is 9.38. The van der Waals surface area contributed by atoms with Crippen molar-refractivity contribution in [1.29, 1.82) is 0 Å². The van der Waals surface area contributed by atoms with Crippen LogP contribution in [0.5, 0.6) is 11.5 Å². The van der Waals surface area contributed by atoms with Crippen molar-refractivity contribution >= 4 is 5.91 Å². The Bertz CT molecular complexity index is 1200. The van der Waals surface area contributed by atoms with Crippen LogP contribution in [-0.4, -0.2) is 58.7 Å². The SMILES string of the molecule is CN1C(=O)[C@H](CN2CCCCC2)C[C@@H]1c1ncc(-c2ccc3c(c2)OCO3)n1Cc1ccccc1. The molecule has 182 valence electrons. The first-order valence-electron chi connectivity index (χ1n) is 12.7. The molecule has 0 aliphatic carbocycles. The van der Waals surface area contributed by atoms with Crippen LogP contribution in [-0.2, 0) is 11.3 Å². The van der Waals surface area contributed by atoms with E-state index >= 15 is 0 Å². The Labute approximate surface area is 206 Å². The molecule has 0 unspecified atom stereocenters. The summed E-state index contributed by atoms with van der Waals surface area (Å²) in [6.07, 6.45) is 6.52. The number of aromatic nitrogens is 2. The molecule has 7 nitrogen and oxygen atoms in total. The molecule has 4 heterocycles. The summed E-state index contributed by atoms with van der Waals surface area (Å²) >= 11 is 0. The maximum atomic E-state index is 13.3. The number of amides is 1. The highest BCUT2D eigenvalue weighted by molar-refractivity contribution is 5.81. The van der Waals surface area contributed by atoms with Gasteiger partial charge in [-0.05, 0) is 56.1 Å². The summed E-state index contributed by atoms with van der Waals surface area (Å²) in [6.45, 7) is 4.01. The standard InChI is InChI=1S/C28H32N4O3/c1-30-23(14-22(28(30)33)18-31-12-6-3-7-13-31)27-29-16-24(32(27)17-20-8-4-2-5-9-20)21-10-11-25-26(15-21)35-19-34-25/h2,4-5,8-11,15-16,22-23H,3,6-7,12-14,17-19H2,1H3/t22-,23+/m0/s1. The maximum Gasteiger partial charge on any atom is 0.231 e. The quantitative estimate of drug-likeness (QED) is 0.534. The van der Waals surface area contributed by atoms with Gasteiger partial charge in [0.1, 0.15) is 5.82 Å². The zero-order valence-electron chi connectivity index (χ0n) is 20.2. The fourth-order valence-corrected chi connectivity index (χ4v) is 5.73. The molecule has 3 aliphatic rings. The predicted octanol–water partition coefficient (Wildman–Crippen LogP) is 4.33. The van der Waals surface area contributed by atoms with Gasteiger partial charge in [0, 0.05) is 25.7 Å². The summed E-state index contributed by atoms with van der Waals surface area (Å²) in [5.74, 6) is 2.73. The van der Waals surface area contributed by atoms with Gasteiger partial charge < -0.3 is 23.8 Å². The van der Waals surface area contributed by atoms with Crippen molar-refractivity contribution < 1.29 is 14.3 Å². The van der Waals surface area contributed by atoms with Crippen LogP contribution < -0.4 is 9.47 Å². The lowest BCUT2D eigenvalue weighted by molar-refractivity contribution is -0.131. The number of hydrogen-bond acceptors (Lipinski definition) is 5. The first-order valence-corrected chi connectivity index (χ1v) is 12.7. The number of benzene rings is 2. The van der Waals surface area contributed by atoms with E-state index in [1.165, 1.54) is 24.8 Å². The molecule has 3 aliphatic heterocycles. The van der Waals surface area contributed by atoms with Gasteiger partial charge >= 0.3 is 0 Å². The molecule has 3 aromatic rings. The van der Waals surface area contributed by atoms with Crippen molar-refractivity contribution in [2.45, 2.75) is 38.3 Å². The van der Waals surface area contributed by atoms with Crippen LogP contribution in [0.3, 0.4) is 0 Å². The Morgan fingerprint density at radius 2 is 1.80 bits per heavy atom. The number of carbonyl (C=O) groups excluding carboxylic acids is 1. The topological polar surface area (TPSA) is 59.8 Å². The summed E-state index contributed by atoms with van der Waals surface area (Å²) in [4.78, 5) is 22.6. The van der Waals surface area contributed by atoms with Gasteiger partial charge in [0.2, 0.25) is 12.7 Å². The minimum atomic E-state index is -0.0382. The van der Waals surface area contributed by atoms with Gasteiger partial charge in [-0.15, -0.1) is 0 Å². The van der Waals surface area contributed by atoms with E-state index in [1.807, 2.05) is 36.3 Å². The van der Waals surface area contributed by atoms with Gasteiger partial charge in [0.25, 0.3) is 0 Å². The molecule has 2 atom stereocenters. The van der Waals surface area contributed by atoms with E-state index in [0.717, 1.165) is 54.6 Å². The van der Waals surface area contributed by atoms with Crippen LogP contribution in [0.15, 0.2) is 54.7 Å². The largest absolute Gasteiger partial charge is 0.454 e. The number of nitrogens with zero attached hydrogens (tertiary/aromatic N) is 4. The zero-order chi connectivity index (χ0) is 23.8. The van der Waals surface area contributed by atoms with E-state index in [-0.39, 0.29) is 24.7 Å². The van der Waals surface area contributed by atoms with E-state index in [1.54, 1.807) is 0 Å². The molecule has 0 radical (unpaired) electrons. The van der Waals surface area contributed by atoms with Crippen LogP contribution in [0.4, 0.5) is 0 Å². The summed E-state index contributed by atoms with van der Waals surface area (Å²) in [6, 6.07) is 16.4. The lowest BCUT2D eigenvalue weighted by atomic mass is 10.0. The molecule has 0 spiro atoms. The second-order valence-corrected chi connectivity index (χ2v) is 9.90. The van der Waals surface area contributed by atoms with Crippen LogP contribution in [0.1, 0.15) is 43.1 Å². The van der Waals surface area contributed by atoms with Crippen LogP contribution in [0.2, 0.25) is 0 Å². The number of imidazole rings is 1. The summed E-state index contributed by atoms with van der Waals surface area (Å²) in [5, 5.41) is 0. The molecular weight excluding hydrogens is 440 g/mol. The second-order valence-electron chi connectivity index (χ2n) is 9.90. The van der Waals surface area contributed by atoms with Crippen LogP contribution >= 0.6 is 0 Å². The average molecular weight is 473 g/mol. The highest BCUT2D eigenvalue weighted by Gasteiger charge is 2.41. The molecule has 35 heavy (non-hydrogen) atoms. The Balaban J connectivity index is 1.33. The van der Waals surface area contributed by atoms with Crippen molar-refractivity contribution in [3.63, 3.8) is 0 Å². The molecular formula is C28H32N4O3. The Kier molecular flexibility index (Phi) is 5.94. The van der Waals surface area contributed by atoms with Crippen molar-refractivity contribution in [2.75, 3.05) is 33.5 Å². The van der Waals surface area contributed by atoms with E-state index < -0.39 is 0 Å². The third-order valence-corrected chi connectivity index (χ3v) is 7.64. The van der Waals surface area contributed by atoms with Gasteiger partial charge in [-0.3, -0.25) is 4.79 Å². The average Bonchev–Trinajstić information content (AvgIpc) is 3.59. The van der Waals surface area contributed by atoms with E-state index in [9.17, 15) is 4.79 Å². The third-order valence-electron chi connectivity index (χ3n) is 7.64. The summed E-state index contributed by atoms with van der Waals surface area (Å²) in [5.41, 5.74) is 3.24. The predicted molar refractivity (Wildman–Crippen MR) is 133 cm³/mol. The third kappa shape index (κ3) is 4.29. The van der Waals surface area contributed by atoms with Crippen molar-refractivity contribution in [3.8, 4) is 22.8 Å². The highest BCUT2D eigenvalue weighted by Crippen LogP contribution is 2.40. The Morgan fingerprint density at radius 1 is 1.00 bits per heavy atom. The van der Waals surface area contributed by atoms with E-state index in [2.05, 4.69) is 39.8 Å². The van der Waals surface area contributed by atoms with Gasteiger partial charge in [0.05, 0.1) is 23.9 Å². The lowest BCUT2D eigenvalue weighted by Gasteiger charge is -2.28. The molecule has 0 saturated carbocycles. The fraction of sp³-hybridized carbons (Fsp3) is 0.429. The number of likely N-dealkylation sites (tertiary alicyclic amines) is 2. The number of carbonyl (C=O) groups is 1. The van der Waals surface area contributed by atoms with E-state index in [0.29, 0.717) is 6.54 Å². The maximum absolute atomic E-state index is 13.3. The first kappa shape index (κ1) is 22.2. The normalized spacial score (nSPS) is 22.2. The monoisotopic (exact) mass is 472 g/mol. The Hall–Kier alpha value is -3.32. The molecule has 0 N–H and O–H groups in total. The smallest absolute Gasteiger partial charge is 0.231 e. The molecule has 7 heteroatoms. The number of hydrogen-bond donors (Lipinski definition) is 0. The lowest BCUT2D eigenvalue weighted by Crippen LogP contribution is -2.37.